The molecule has 0 spiro atoms. The maximum Gasteiger partial charge on any atom is 0.150 e. The van der Waals surface area contributed by atoms with E-state index in [1.807, 2.05) is 25.7 Å². The van der Waals surface area contributed by atoms with E-state index in [9.17, 15) is 0 Å². The van der Waals surface area contributed by atoms with Crippen molar-refractivity contribution >= 4 is 23.1 Å². The Morgan fingerprint density at radius 3 is 2.69 bits per heavy atom. The van der Waals surface area contributed by atoms with Gasteiger partial charge in [0.15, 0.2) is 0 Å². The fourth-order valence-corrected chi connectivity index (χ4v) is 3.08. The topological polar surface area (TPSA) is 24.9 Å². The number of thiazole rings is 1. The average molecular weight is 216 g/mol. The van der Waals surface area contributed by atoms with Crippen molar-refractivity contribution in [2.24, 2.45) is 0 Å². The molecule has 0 bridgehead atoms. The maximum absolute atomic E-state index is 4.42. The Morgan fingerprint density at radius 2 is 2.23 bits per heavy atom. The minimum absolute atomic E-state index is 0.522. The molecule has 1 aromatic heterocycles. The second-order valence-electron chi connectivity index (χ2n) is 3.16. The van der Waals surface area contributed by atoms with E-state index in [2.05, 4.69) is 29.5 Å². The molecule has 0 saturated heterocycles. The lowest BCUT2D eigenvalue weighted by Gasteiger charge is -2.16. The summed E-state index contributed by atoms with van der Waals surface area (Å²) in [4.78, 5) is 4.42. The third-order valence-electron chi connectivity index (χ3n) is 2.04. The van der Waals surface area contributed by atoms with Crippen LogP contribution in [0.2, 0.25) is 0 Å². The highest BCUT2D eigenvalue weighted by Gasteiger charge is 2.12. The van der Waals surface area contributed by atoms with Crippen molar-refractivity contribution in [2.45, 2.75) is 36.4 Å². The van der Waals surface area contributed by atoms with Crippen LogP contribution in [0.1, 0.15) is 19.5 Å². The summed E-state index contributed by atoms with van der Waals surface area (Å²) in [6.07, 6.45) is 0. The van der Waals surface area contributed by atoms with Crippen LogP contribution in [-0.4, -0.2) is 23.3 Å². The van der Waals surface area contributed by atoms with Gasteiger partial charge in [-0.15, -0.1) is 11.3 Å². The summed E-state index contributed by atoms with van der Waals surface area (Å²) >= 11 is 3.57. The highest BCUT2D eigenvalue weighted by atomic mass is 32.2. The Morgan fingerprint density at radius 1 is 1.54 bits per heavy atom. The van der Waals surface area contributed by atoms with Crippen LogP contribution in [0.3, 0.4) is 0 Å². The standard InChI is InChI=1S/C9H16N2S2/c1-6-5-12-9(11-6)13-8(3)7(2)10-4/h5,7-8,10H,1-4H3. The van der Waals surface area contributed by atoms with Gasteiger partial charge in [0.25, 0.3) is 0 Å². The first-order valence-corrected chi connectivity index (χ1v) is 6.15. The van der Waals surface area contributed by atoms with Gasteiger partial charge in [-0.25, -0.2) is 4.98 Å². The van der Waals surface area contributed by atoms with Gasteiger partial charge in [-0.3, -0.25) is 0 Å². The quantitative estimate of drug-likeness (QED) is 0.783. The van der Waals surface area contributed by atoms with Crippen LogP contribution in [0.25, 0.3) is 0 Å². The van der Waals surface area contributed by atoms with E-state index in [-0.39, 0.29) is 0 Å². The van der Waals surface area contributed by atoms with Crippen LogP contribution < -0.4 is 5.32 Å². The van der Waals surface area contributed by atoms with Crippen LogP contribution in [0.5, 0.6) is 0 Å². The number of hydrogen-bond acceptors (Lipinski definition) is 4. The molecule has 13 heavy (non-hydrogen) atoms. The first-order chi connectivity index (χ1) is 6.13. The molecular weight excluding hydrogens is 200 g/mol. The number of aryl methyl sites for hydroxylation is 1. The van der Waals surface area contributed by atoms with E-state index in [1.165, 1.54) is 4.34 Å². The molecule has 2 nitrogen and oxygen atoms in total. The molecule has 1 aromatic rings. The highest BCUT2D eigenvalue weighted by Crippen LogP contribution is 2.27. The summed E-state index contributed by atoms with van der Waals surface area (Å²) in [5.74, 6) is 0. The second-order valence-corrected chi connectivity index (χ2v) is 5.64. The molecule has 0 radical (unpaired) electrons. The molecule has 0 saturated carbocycles. The summed E-state index contributed by atoms with van der Waals surface area (Å²) in [6.45, 7) is 6.45. The molecule has 1 rings (SSSR count). The van der Waals surface area contributed by atoms with Gasteiger partial charge in [0, 0.05) is 22.4 Å². The number of nitrogens with zero attached hydrogens (tertiary/aromatic N) is 1. The number of hydrogen-bond donors (Lipinski definition) is 1. The minimum atomic E-state index is 0.522. The Kier molecular flexibility index (Phi) is 4.22. The normalized spacial score (nSPS) is 15.7. The summed E-state index contributed by atoms with van der Waals surface area (Å²) in [6, 6.07) is 0.522. The Labute approximate surface area is 88.2 Å². The van der Waals surface area contributed by atoms with Gasteiger partial charge in [0.1, 0.15) is 4.34 Å². The van der Waals surface area contributed by atoms with E-state index in [0.717, 1.165) is 5.69 Å². The smallest absolute Gasteiger partial charge is 0.150 e. The molecule has 0 aliphatic rings. The average Bonchev–Trinajstić information content (AvgIpc) is 2.49. The first-order valence-electron chi connectivity index (χ1n) is 4.39. The predicted octanol–water partition coefficient (Wildman–Crippen LogP) is 2.54. The predicted molar refractivity (Wildman–Crippen MR) is 60.7 cm³/mol. The molecule has 0 aliphatic heterocycles. The second kappa shape index (κ2) is 4.98. The number of aromatic nitrogens is 1. The largest absolute Gasteiger partial charge is 0.316 e. The number of thioether (sulfide) groups is 1. The van der Waals surface area contributed by atoms with E-state index >= 15 is 0 Å². The van der Waals surface area contributed by atoms with Gasteiger partial charge < -0.3 is 5.32 Å². The summed E-state index contributed by atoms with van der Waals surface area (Å²) < 4.78 is 1.17. The molecule has 0 aromatic carbocycles. The molecule has 0 fully saturated rings. The fourth-order valence-electron chi connectivity index (χ4n) is 0.882. The van der Waals surface area contributed by atoms with Gasteiger partial charge in [0.2, 0.25) is 0 Å². The monoisotopic (exact) mass is 216 g/mol. The highest BCUT2D eigenvalue weighted by molar-refractivity contribution is 8.01. The third kappa shape index (κ3) is 3.29. The fraction of sp³-hybridized carbons (Fsp3) is 0.667. The zero-order valence-electron chi connectivity index (χ0n) is 8.50. The van der Waals surface area contributed by atoms with E-state index in [1.54, 1.807) is 11.3 Å². The van der Waals surface area contributed by atoms with Crippen molar-refractivity contribution < 1.29 is 0 Å². The molecule has 4 heteroatoms. The van der Waals surface area contributed by atoms with Gasteiger partial charge in [0.05, 0.1) is 0 Å². The van der Waals surface area contributed by atoms with Crippen molar-refractivity contribution in [3.8, 4) is 0 Å². The summed E-state index contributed by atoms with van der Waals surface area (Å²) in [5.41, 5.74) is 1.12. The van der Waals surface area contributed by atoms with Crippen molar-refractivity contribution in [1.29, 1.82) is 0 Å². The van der Waals surface area contributed by atoms with Crippen molar-refractivity contribution in [2.75, 3.05) is 7.05 Å². The van der Waals surface area contributed by atoms with Crippen LogP contribution >= 0.6 is 23.1 Å². The number of nitrogens with one attached hydrogen (secondary N) is 1. The zero-order chi connectivity index (χ0) is 9.84. The van der Waals surface area contributed by atoms with E-state index in [0.29, 0.717) is 11.3 Å². The third-order valence-corrected chi connectivity index (χ3v) is 4.45. The number of rotatable bonds is 4. The first kappa shape index (κ1) is 11.0. The van der Waals surface area contributed by atoms with Gasteiger partial charge in [-0.05, 0) is 20.9 Å². The van der Waals surface area contributed by atoms with Crippen LogP contribution in [0.15, 0.2) is 9.72 Å². The van der Waals surface area contributed by atoms with E-state index < -0.39 is 0 Å². The zero-order valence-corrected chi connectivity index (χ0v) is 10.1. The molecular formula is C9H16N2S2. The molecule has 1 N–H and O–H groups in total. The minimum Gasteiger partial charge on any atom is -0.316 e. The molecule has 2 atom stereocenters. The van der Waals surface area contributed by atoms with Crippen molar-refractivity contribution in [3.63, 3.8) is 0 Å². The van der Waals surface area contributed by atoms with Crippen molar-refractivity contribution in [3.05, 3.63) is 11.1 Å². The Balaban J connectivity index is 2.49. The molecule has 1 heterocycles. The Bertz CT molecular complexity index is 260. The SMILES string of the molecule is CNC(C)C(C)Sc1nc(C)cs1. The van der Waals surface area contributed by atoms with E-state index in [4.69, 9.17) is 0 Å². The molecule has 0 amide bonds. The molecule has 74 valence electrons. The van der Waals surface area contributed by atoms with Gasteiger partial charge in [-0.2, -0.15) is 0 Å². The lowest BCUT2D eigenvalue weighted by molar-refractivity contribution is 0.605. The van der Waals surface area contributed by atoms with Crippen LogP contribution in [0, 0.1) is 6.92 Å². The Hall–Kier alpha value is -0.0600. The lowest BCUT2D eigenvalue weighted by atomic mass is 10.3. The lowest BCUT2D eigenvalue weighted by Crippen LogP contribution is -2.30. The summed E-state index contributed by atoms with van der Waals surface area (Å²) in [5, 5.41) is 5.91. The van der Waals surface area contributed by atoms with Gasteiger partial charge >= 0.3 is 0 Å². The van der Waals surface area contributed by atoms with Crippen LogP contribution in [-0.2, 0) is 0 Å². The van der Waals surface area contributed by atoms with Crippen LogP contribution in [0.4, 0.5) is 0 Å². The molecule has 2 unspecified atom stereocenters. The van der Waals surface area contributed by atoms with Gasteiger partial charge in [-0.1, -0.05) is 18.7 Å². The summed E-state index contributed by atoms with van der Waals surface area (Å²) in [7, 11) is 1.99. The maximum atomic E-state index is 4.42. The van der Waals surface area contributed by atoms with Crippen molar-refractivity contribution in [1.82, 2.24) is 10.3 Å². The molecule has 0 aliphatic carbocycles.